The average molecular weight is 550 g/mol. The highest BCUT2D eigenvalue weighted by molar-refractivity contribution is 6.21. The van der Waals surface area contributed by atoms with Gasteiger partial charge in [-0.05, 0) is 18.6 Å². The van der Waals surface area contributed by atoms with Crippen molar-refractivity contribution >= 4 is 17.8 Å². The zero-order valence-electron chi connectivity index (χ0n) is 23.7. The van der Waals surface area contributed by atoms with Crippen molar-refractivity contribution in [2.45, 2.75) is 71.1 Å². The maximum Gasteiger partial charge on any atom is 0.305 e. The minimum atomic E-state index is -0.276. The summed E-state index contributed by atoms with van der Waals surface area (Å²) in [6.45, 7) is 5.83. The molecule has 0 radical (unpaired) electrons. The molecule has 0 saturated heterocycles. The summed E-state index contributed by atoms with van der Waals surface area (Å²) in [5.41, 5.74) is 0.888. The molecule has 9 nitrogen and oxygen atoms in total. The average Bonchev–Trinajstić information content (AvgIpc) is 3.19. The quantitative estimate of drug-likeness (QED) is 0.0973. The first kappa shape index (κ1) is 32.9. The smallest absolute Gasteiger partial charge is 0.305 e. The number of benzene rings is 1. The van der Waals surface area contributed by atoms with Crippen molar-refractivity contribution < 1.29 is 38.1 Å². The number of fused-ring (bicyclic) bond motifs is 1. The first-order valence-corrected chi connectivity index (χ1v) is 14.6. The number of carbonyl (C=O) groups is 3. The number of carbonyl (C=O) groups excluding carboxylic acids is 3. The minimum Gasteiger partial charge on any atom is -0.463 e. The van der Waals surface area contributed by atoms with Gasteiger partial charge in [-0.2, -0.15) is 0 Å². The zero-order chi connectivity index (χ0) is 28.0. The number of hydrogen-bond donors (Lipinski definition) is 0. The van der Waals surface area contributed by atoms with E-state index in [9.17, 15) is 14.4 Å². The van der Waals surface area contributed by atoms with Gasteiger partial charge < -0.3 is 23.7 Å². The van der Waals surface area contributed by atoms with Crippen LogP contribution < -0.4 is 0 Å². The van der Waals surface area contributed by atoms with Gasteiger partial charge in [-0.1, -0.05) is 70.4 Å². The van der Waals surface area contributed by atoms with Gasteiger partial charge in [-0.3, -0.25) is 19.3 Å². The van der Waals surface area contributed by atoms with E-state index in [1.165, 1.54) is 49.8 Å². The van der Waals surface area contributed by atoms with Crippen LogP contribution in [0.25, 0.3) is 0 Å². The fourth-order valence-electron chi connectivity index (χ4n) is 4.23. The standard InChI is InChI=1S/C30H47NO8/c1-2-3-4-5-6-7-8-9-10-15-28(32)39-25-24-38-23-22-37-21-20-36-19-18-35-17-16-31-29(33)26-13-11-12-14-27(26)30(31)34/h11-14H,2-10,15-25H2,1H3. The molecule has 0 N–H and O–H groups in total. The second-order valence-corrected chi connectivity index (χ2v) is 9.56. The number of rotatable bonds is 25. The molecule has 1 aromatic carbocycles. The van der Waals surface area contributed by atoms with Crippen molar-refractivity contribution in [1.82, 2.24) is 4.90 Å². The van der Waals surface area contributed by atoms with E-state index in [4.69, 9.17) is 23.7 Å². The summed E-state index contributed by atoms with van der Waals surface area (Å²) in [6, 6.07) is 6.82. The van der Waals surface area contributed by atoms with Crippen molar-refractivity contribution in [2.75, 3.05) is 66.0 Å². The van der Waals surface area contributed by atoms with Gasteiger partial charge in [0.05, 0.1) is 70.5 Å². The van der Waals surface area contributed by atoms with Gasteiger partial charge in [0, 0.05) is 6.42 Å². The predicted octanol–water partition coefficient (Wildman–Crippen LogP) is 4.81. The van der Waals surface area contributed by atoms with E-state index in [0.29, 0.717) is 63.8 Å². The van der Waals surface area contributed by atoms with E-state index in [1.54, 1.807) is 24.3 Å². The van der Waals surface area contributed by atoms with Gasteiger partial charge in [-0.25, -0.2) is 0 Å². The van der Waals surface area contributed by atoms with Crippen LogP contribution in [0.15, 0.2) is 24.3 Å². The van der Waals surface area contributed by atoms with Gasteiger partial charge in [0.15, 0.2) is 0 Å². The predicted molar refractivity (Wildman–Crippen MR) is 148 cm³/mol. The number of hydrogen-bond acceptors (Lipinski definition) is 8. The monoisotopic (exact) mass is 549 g/mol. The molecule has 0 atom stereocenters. The Balaban J connectivity index is 1.27. The second-order valence-electron chi connectivity index (χ2n) is 9.56. The van der Waals surface area contributed by atoms with Crippen LogP contribution in [0.4, 0.5) is 0 Å². The molecule has 1 aromatic rings. The summed E-state index contributed by atoms with van der Waals surface area (Å²) < 4.78 is 27.0. The molecule has 0 saturated carbocycles. The van der Waals surface area contributed by atoms with Crippen LogP contribution in [0.5, 0.6) is 0 Å². The molecule has 39 heavy (non-hydrogen) atoms. The van der Waals surface area contributed by atoms with Crippen molar-refractivity contribution in [2.24, 2.45) is 0 Å². The van der Waals surface area contributed by atoms with Gasteiger partial charge >= 0.3 is 5.97 Å². The molecular formula is C30H47NO8. The molecule has 1 aliphatic heterocycles. The summed E-state index contributed by atoms with van der Waals surface area (Å²) in [5, 5.41) is 0. The topological polar surface area (TPSA) is 101 Å². The van der Waals surface area contributed by atoms with Crippen LogP contribution in [0.1, 0.15) is 91.8 Å². The fraction of sp³-hybridized carbons (Fsp3) is 0.700. The highest BCUT2D eigenvalue weighted by atomic mass is 16.6. The molecule has 0 fully saturated rings. The molecule has 1 heterocycles. The highest BCUT2D eigenvalue weighted by Crippen LogP contribution is 2.21. The van der Waals surface area contributed by atoms with Gasteiger partial charge in [-0.15, -0.1) is 0 Å². The maximum atomic E-state index is 12.3. The Hall–Kier alpha value is -2.33. The molecule has 0 unspecified atom stereocenters. The van der Waals surface area contributed by atoms with Crippen molar-refractivity contribution in [3.63, 3.8) is 0 Å². The SMILES string of the molecule is CCCCCCCCCCCC(=O)OCCOCCOCCOCCOCCN1C(=O)c2ccccc2C1=O. The molecular weight excluding hydrogens is 502 g/mol. The number of amides is 2. The summed E-state index contributed by atoms with van der Waals surface area (Å²) in [4.78, 5) is 37.5. The van der Waals surface area contributed by atoms with Crippen molar-refractivity contribution in [3.8, 4) is 0 Å². The van der Waals surface area contributed by atoms with Gasteiger partial charge in [0.2, 0.25) is 0 Å². The summed E-state index contributed by atoms with van der Waals surface area (Å²) in [5.74, 6) is -0.702. The lowest BCUT2D eigenvalue weighted by Gasteiger charge is -2.13. The largest absolute Gasteiger partial charge is 0.463 e. The van der Waals surface area contributed by atoms with E-state index in [2.05, 4.69) is 6.92 Å². The summed E-state index contributed by atoms with van der Waals surface area (Å²) >= 11 is 0. The molecule has 2 rings (SSSR count). The first-order valence-electron chi connectivity index (χ1n) is 14.6. The molecule has 2 amide bonds. The lowest BCUT2D eigenvalue weighted by Crippen LogP contribution is -2.33. The van der Waals surface area contributed by atoms with E-state index in [-0.39, 0.29) is 37.5 Å². The molecule has 220 valence electrons. The van der Waals surface area contributed by atoms with Crippen LogP contribution in [-0.2, 0) is 28.5 Å². The van der Waals surface area contributed by atoms with E-state index >= 15 is 0 Å². The van der Waals surface area contributed by atoms with E-state index in [0.717, 1.165) is 12.8 Å². The Labute approximate surface area is 233 Å². The van der Waals surface area contributed by atoms with Crippen molar-refractivity contribution in [1.29, 1.82) is 0 Å². The molecule has 0 spiro atoms. The maximum absolute atomic E-state index is 12.3. The Morgan fingerprint density at radius 3 is 1.56 bits per heavy atom. The van der Waals surface area contributed by atoms with E-state index in [1.807, 2.05) is 0 Å². The molecule has 0 bridgehead atoms. The Bertz CT molecular complexity index is 796. The summed E-state index contributed by atoms with van der Waals surface area (Å²) in [6.07, 6.45) is 11.5. The van der Waals surface area contributed by atoms with Crippen LogP contribution in [0, 0.1) is 0 Å². The lowest BCUT2D eigenvalue weighted by atomic mass is 10.1. The zero-order valence-corrected chi connectivity index (χ0v) is 23.7. The lowest BCUT2D eigenvalue weighted by molar-refractivity contribution is -0.145. The van der Waals surface area contributed by atoms with Gasteiger partial charge in [0.1, 0.15) is 6.61 Å². The number of esters is 1. The van der Waals surface area contributed by atoms with Crippen molar-refractivity contribution in [3.05, 3.63) is 35.4 Å². The highest BCUT2D eigenvalue weighted by Gasteiger charge is 2.34. The van der Waals surface area contributed by atoms with Crippen LogP contribution in [-0.4, -0.2) is 88.7 Å². The molecule has 1 aliphatic rings. The number of imide groups is 1. The second kappa shape index (κ2) is 21.5. The summed E-state index contributed by atoms with van der Waals surface area (Å²) in [7, 11) is 0. The number of nitrogens with zero attached hydrogens (tertiary/aromatic N) is 1. The van der Waals surface area contributed by atoms with Gasteiger partial charge in [0.25, 0.3) is 11.8 Å². The third-order valence-corrected chi connectivity index (χ3v) is 6.43. The normalized spacial score (nSPS) is 12.8. The Kier molecular flexibility index (Phi) is 18.1. The number of unbranched alkanes of at least 4 members (excludes halogenated alkanes) is 8. The Morgan fingerprint density at radius 1 is 0.615 bits per heavy atom. The third-order valence-electron chi connectivity index (χ3n) is 6.43. The first-order chi connectivity index (χ1) is 19.1. The van der Waals surface area contributed by atoms with Crippen LogP contribution in [0.2, 0.25) is 0 Å². The third kappa shape index (κ3) is 14.0. The van der Waals surface area contributed by atoms with Crippen LogP contribution in [0.3, 0.4) is 0 Å². The number of ether oxygens (including phenoxy) is 5. The minimum absolute atomic E-state index is 0.150. The molecule has 0 aromatic heterocycles. The molecule has 9 heteroatoms. The fourth-order valence-corrected chi connectivity index (χ4v) is 4.23. The van der Waals surface area contributed by atoms with Crippen LogP contribution >= 0.6 is 0 Å². The molecule has 0 aliphatic carbocycles. The van der Waals surface area contributed by atoms with E-state index < -0.39 is 0 Å². The Morgan fingerprint density at radius 2 is 1.05 bits per heavy atom.